The highest BCUT2D eigenvalue weighted by atomic mass is 79.9. The molecular weight excluding hydrogens is 448 g/mol. The maximum absolute atomic E-state index is 12.1. The molecule has 0 radical (unpaired) electrons. The Balaban J connectivity index is 1.30. The molecule has 146 valence electrons. The summed E-state index contributed by atoms with van der Waals surface area (Å²) in [5, 5.41) is 7.16. The monoisotopic (exact) mass is 470 g/mol. The summed E-state index contributed by atoms with van der Waals surface area (Å²) in [5.74, 6) is -0.251. The SMILES string of the molecule is O=C(CN1CCN(Cc2ccc(Br)s2)CC1)NC(=O)NCCc1cccs1. The van der Waals surface area contributed by atoms with E-state index in [-0.39, 0.29) is 12.5 Å². The van der Waals surface area contributed by atoms with E-state index in [2.05, 4.69) is 48.5 Å². The molecule has 1 aliphatic heterocycles. The van der Waals surface area contributed by atoms with E-state index in [9.17, 15) is 9.59 Å². The van der Waals surface area contributed by atoms with Gasteiger partial charge in [0.2, 0.25) is 5.91 Å². The number of urea groups is 1. The number of imide groups is 1. The van der Waals surface area contributed by atoms with Gasteiger partial charge in [0, 0.05) is 49.0 Å². The molecule has 9 heteroatoms. The van der Waals surface area contributed by atoms with E-state index in [1.807, 2.05) is 17.5 Å². The van der Waals surface area contributed by atoms with Gasteiger partial charge in [0.05, 0.1) is 10.3 Å². The number of halogens is 1. The van der Waals surface area contributed by atoms with Crippen LogP contribution in [0.25, 0.3) is 0 Å². The van der Waals surface area contributed by atoms with Crippen molar-refractivity contribution in [2.45, 2.75) is 13.0 Å². The van der Waals surface area contributed by atoms with Gasteiger partial charge < -0.3 is 5.32 Å². The van der Waals surface area contributed by atoms with Crippen LogP contribution >= 0.6 is 38.6 Å². The number of nitrogens with zero attached hydrogens (tertiary/aromatic N) is 2. The molecule has 3 rings (SSSR count). The zero-order valence-electron chi connectivity index (χ0n) is 14.9. The third-order valence-corrected chi connectivity index (χ3v) is 6.88. The molecule has 0 spiro atoms. The van der Waals surface area contributed by atoms with E-state index in [4.69, 9.17) is 0 Å². The molecular formula is C18H23BrN4O2S2. The first-order chi connectivity index (χ1) is 13.1. The Morgan fingerprint density at radius 1 is 1.07 bits per heavy atom. The van der Waals surface area contributed by atoms with Gasteiger partial charge in [0.1, 0.15) is 0 Å². The minimum absolute atomic E-state index is 0.251. The van der Waals surface area contributed by atoms with Crippen molar-refractivity contribution in [1.29, 1.82) is 0 Å². The summed E-state index contributed by atoms with van der Waals surface area (Å²) in [7, 11) is 0. The first-order valence-corrected chi connectivity index (χ1v) is 11.4. The van der Waals surface area contributed by atoms with Crippen LogP contribution in [0.15, 0.2) is 33.4 Å². The standard InChI is InChI=1S/C18H23BrN4O2S2/c19-16-4-3-15(27-16)12-22-7-9-23(10-8-22)13-17(24)21-18(25)20-6-5-14-2-1-11-26-14/h1-4,11H,5-10,12-13H2,(H2,20,21,24,25). The Labute approximate surface area is 175 Å². The first-order valence-electron chi connectivity index (χ1n) is 8.87. The highest BCUT2D eigenvalue weighted by molar-refractivity contribution is 9.11. The lowest BCUT2D eigenvalue weighted by Gasteiger charge is -2.33. The summed E-state index contributed by atoms with van der Waals surface area (Å²) in [5.41, 5.74) is 0. The van der Waals surface area contributed by atoms with Crippen LogP contribution in [-0.2, 0) is 17.8 Å². The molecule has 0 atom stereocenters. The summed E-state index contributed by atoms with van der Waals surface area (Å²) in [6, 6.07) is 7.82. The van der Waals surface area contributed by atoms with E-state index >= 15 is 0 Å². The van der Waals surface area contributed by atoms with Gasteiger partial charge in [-0.2, -0.15) is 0 Å². The van der Waals surface area contributed by atoms with Crippen LogP contribution < -0.4 is 10.6 Å². The zero-order valence-corrected chi connectivity index (χ0v) is 18.2. The highest BCUT2D eigenvalue weighted by Crippen LogP contribution is 2.23. The van der Waals surface area contributed by atoms with E-state index in [1.165, 1.54) is 9.75 Å². The zero-order chi connectivity index (χ0) is 19.1. The van der Waals surface area contributed by atoms with Crippen molar-refractivity contribution < 1.29 is 9.59 Å². The molecule has 0 aromatic carbocycles. The van der Waals surface area contributed by atoms with Gasteiger partial charge in [-0.25, -0.2) is 4.79 Å². The van der Waals surface area contributed by atoms with Crippen molar-refractivity contribution >= 4 is 50.5 Å². The van der Waals surface area contributed by atoms with Gasteiger partial charge in [0.25, 0.3) is 0 Å². The fourth-order valence-corrected chi connectivity index (χ4v) is 5.16. The predicted molar refractivity (Wildman–Crippen MR) is 113 cm³/mol. The Bertz CT molecular complexity index is 742. The summed E-state index contributed by atoms with van der Waals surface area (Å²) >= 11 is 6.91. The number of hydrogen-bond donors (Lipinski definition) is 2. The lowest BCUT2D eigenvalue weighted by atomic mass is 10.3. The molecule has 1 aliphatic rings. The predicted octanol–water partition coefficient (Wildman–Crippen LogP) is 2.76. The van der Waals surface area contributed by atoms with Crippen molar-refractivity contribution in [1.82, 2.24) is 20.4 Å². The maximum atomic E-state index is 12.1. The molecule has 27 heavy (non-hydrogen) atoms. The van der Waals surface area contributed by atoms with Gasteiger partial charge in [0.15, 0.2) is 0 Å². The van der Waals surface area contributed by atoms with Crippen molar-refractivity contribution in [3.05, 3.63) is 43.2 Å². The molecule has 1 saturated heterocycles. The third kappa shape index (κ3) is 7.00. The van der Waals surface area contributed by atoms with E-state index in [0.717, 1.165) is 42.9 Å². The molecule has 0 aliphatic carbocycles. The fourth-order valence-electron chi connectivity index (χ4n) is 2.93. The maximum Gasteiger partial charge on any atom is 0.321 e. The number of thiophene rings is 2. The van der Waals surface area contributed by atoms with Gasteiger partial charge in [-0.15, -0.1) is 22.7 Å². The van der Waals surface area contributed by atoms with Crippen molar-refractivity contribution in [3.63, 3.8) is 0 Å². The normalized spacial score (nSPS) is 15.6. The quantitative estimate of drug-likeness (QED) is 0.652. The summed E-state index contributed by atoms with van der Waals surface area (Å²) in [6.07, 6.45) is 0.780. The molecule has 0 bridgehead atoms. The number of amides is 3. The molecule has 6 nitrogen and oxygen atoms in total. The lowest BCUT2D eigenvalue weighted by Crippen LogP contribution is -2.50. The topological polar surface area (TPSA) is 64.7 Å². The average molecular weight is 471 g/mol. The van der Waals surface area contributed by atoms with Crippen LogP contribution in [0, 0.1) is 0 Å². The Morgan fingerprint density at radius 3 is 2.52 bits per heavy atom. The lowest BCUT2D eigenvalue weighted by molar-refractivity contribution is -0.121. The molecule has 2 aromatic rings. The van der Waals surface area contributed by atoms with E-state index in [0.29, 0.717) is 6.54 Å². The number of carbonyl (C=O) groups is 2. The number of carbonyl (C=O) groups excluding carboxylic acids is 2. The van der Waals surface area contributed by atoms with Crippen LogP contribution in [0.3, 0.4) is 0 Å². The van der Waals surface area contributed by atoms with Crippen LogP contribution in [-0.4, -0.2) is 61.0 Å². The van der Waals surface area contributed by atoms with Crippen LogP contribution in [0.1, 0.15) is 9.75 Å². The van der Waals surface area contributed by atoms with E-state index in [1.54, 1.807) is 22.7 Å². The fraction of sp³-hybridized carbons (Fsp3) is 0.444. The third-order valence-electron chi connectivity index (χ3n) is 4.33. The molecule has 3 heterocycles. The van der Waals surface area contributed by atoms with Crippen molar-refractivity contribution in [3.8, 4) is 0 Å². The van der Waals surface area contributed by atoms with Gasteiger partial charge >= 0.3 is 6.03 Å². The smallest absolute Gasteiger partial charge is 0.321 e. The molecule has 0 saturated carbocycles. The summed E-state index contributed by atoms with van der Waals surface area (Å²) in [4.78, 5) is 30.9. The molecule has 3 amide bonds. The minimum Gasteiger partial charge on any atom is -0.337 e. The number of rotatable bonds is 7. The summed E-state index contributed by atoms with van der Waals surface area (Å²) in [6.45, 7) is 5.25. The molecule has 2 N–H and O–H groups in total. The van der Waals surface area contributed by atoms with Gasteiger partial charge in [-0.1, -0.05) is 6.07 Å². The molecule has 1 fully saturated rings. The van der Waals surface area contributed by atoms with Crippen LogP contribution in [0.4, 0.5) is 4.79 Å². The number of hydrogen-bond acceptors (Lipinski definition) is 6. The number of piperazine rings is 1. The summed E-state index contributed by atoms with van der Waals surface area (Å²) < 4.78 is 1.15. The van der Waals surface area contributed by atoms with Crippen molar-refractivity contribution in [2.24, 2.45) is 0 Å². The van der Waals surface area contributed by atoms with Crippen molar-refractivity contribution in [2.75, 3.05) is 39.3 Å². The second kappa shape index (κ2) is 10.3. The van der Waals surface area contributed by atoms with Gasteiger partial charge in [-0.3, -0.25) is 19.9 Å². The first kappa shape index (κ1) is 20.5. The highest BCUT2D eigenvalue weighted by Gasteiger charge is 2.20. The van der Waals surface area contributed by atoms with E-state index < -0.39 is 6.03 Å². The Hall–Kier alpha value is -1.26. The average Bonchev–Trinajstić information content (AvgIpc) is 3.28. The Kier molecular flexibility index (Phi) is 7.83. The minimum atomic E-state index is -0.418. The van der Waals surface area contributed by atoms with Crippen LogP contribution in [0.2, 0.25) is 0 Å². The van der Waals surface area contributed by atoms with Crippen LogP contribution in [0.5, 0.6) is 0 Å². The number of nitrogens with one attached hydrogen (secondary N) is 2. The second-order valence-corrected chi connectivity index (χ2v) is 9.97. The Morgan fingerprint density at radius 2 is 1.85 bits per heavy atom. The largest absolute Gasteiger partial charge is 0.337 e. The van der Waals surface area contributed by atoms with Gasteiger partial charge in [-0.05, 0) is 45.9 Å². The second-order valence-electron chi connectivity index (χ2n) is 6.39. The molecule has 2 aromatic heterocycles. The molecule has 0 unspecified atom stereocenters.